The van der Waals surface area contributed by atoms with E-state index in [-0.39, 0.29) is 0 Å². The number of nitrogens with zero attached hydrogens (tertiary/aromatic N) is 1. The van der Waals surface area contributed by atoms with Gasteiger partial charge in [0, 0.05) is 25.6 Å². The van der Waals surface area contributed by atoms with Gasteiger partial charge < -0.3 is 5.11 Å². The Morgan fingerprint density at radius 3 is 2.28 bits per heavy atom. The summed E-state index contributed by atoms with van der Waals surface area (Å²) in [5, 5.41) is 12.7. The van der Waals surface area contributed by atoms with Gasteiger partial charge in [0.15, 0.2) is 0 Å². The first-order valence-corrected chi connectivity index (χ1v) is 14.3. The first-order valence-electron chi connectivity index (χ1n) is 10.8. The maximum atomic E-state index is 11.4. The molecular formula is C26H35NOSi. The molecule has 0 radical (unpaired) electrons. The van der Waals surface area contributed by atoms with Gasteiger partial charge in [0.1, 0.15) is 0 Å². The van der Waals surface area contributed by atoms with Crippen LogP contribution >= 0.6 is 0 Å². The molecule has 1 fully saturated rings. The molecule has 1 unspecified atom stereocenters. The summed E-state index contributed by atoms with van der Waals surface area (Å²) in [4.78, 5) is 2.53. The lowest BCUT2D eigenvalue weighted by atomic mass is 9.97. The molecule has 2 nitrogen and oxygen atoms in total. The van der Waals surface area contributed by atoms with E-state index in [0.29, 0.717) is 5.92 Å². The summed E-state index contributed by atoms with van der Waals surface area (Å²) in [5.74, 6) is 0.388. The van der Waals surface area contributed by atoms with E-state index in [4.69, 9.17) is 0 Å². The highest BCUT2D eigenvalue weighted by atomic mass is 28.3. The molecule has 1 saturated heterocycles. The average Bonchev–Trinajstić information content (AvgIpc) is 3.08. The number of hydrogen-bond donors (Lipinski definition) is 1. The molecule has 154 valence electrons. The molecule has 0 amide bonds. The second-order valence-electron chi connectivity index (χ2n) is 9.10. The van der Waals surface area contributed by atoms with Gasteiger partial charge in [-0.15, -0.1) is 0 Å². The highest BCUT2D eigenvalue weighted by molar-refractivity contribution is 6.83. The van der Waals surface area contributed by atoms with Gasteiger partial charge in [-0.2, -0.15) is 0 Å². The number of aliphatic hydroxyl groups is 1. The van der Waals surface area contributed by atoms with Crippen LogP contribution in [-0.4, -0.2) is 31.2 Å². The van der Waals surface area contributed by atoms with Gasteiger partial charge in [0.2, 0.25) is 0 Å². The van der Waals surface area contributed by atoms with Crippen molar-refractivity contribution in [3.8, 4) is 0 Å². The summed E-state index contributed by atoms with van der Waals surface area (Å²) >= 11 is 0. The third kappa shape index (κ3) is 5.56. The van der Waals surface area contributed by atoms with Crippen molar-refractivity contribution in [2.75, 3.05) is 13.1 Å². The minimum absolute atomic E-state index is 0.388. The van der Waals surface area contributed by atoms with Crippen LogP contribution in [-0.2, 0) is 6.54 Å². The van der Waals surface area contributed by atoms with Gasteiger partial charge in [0.25, 0.3) is 0 Å². The summed E-state index contributed by atoms with van der Waals surface area (Å²) in [6, 6.07) is 20.9. The molecule has 0 bridgehead atoms. The van der Waals surface area contributed by atoms with Crippen LogP contribution in [0.15, 0.2) is 83.6 Å². The number of aliphatic hydroxyl groups excluding tert-OH is 1. The number of allylic oxidation sites excluding steroid dienone is 1. The molecule has 2 aromatic rings. The minimum atomic E-state index is -1.73. The zero-order chi connectivity index (χ0) is 20.9. The Morgan fingerprint density at radius 1 is 1.07 bits per heavy atom. The SMILES string of the molecule is CC/C=C/[C@@H]1CN(Cc2ccccc2)C/C1=C(\C(O)c1ccccc1)[Si](C)(C)C. The Bertz CT molecular complexity index is 836. The Morgan fingerprint density at radius 2 is 1.69 bits per heavy atom. The average molecular weight is 406 g/mol. The van der Waals surface area contributed by atoms with Gasteiger partial charge in [0.05, 0.1) is 14.2 Å². The van der Waals surface area contributed by atoms with Crippen LogP contribution < -0.4 is 0 Å². The molecule has 0 aliphatic carbocycles. The van der Waals surface area contributed by atoms with Gasteiger partial charge in [-0.3, -0.25) is 4.90 Å². The highest BCUT2D eigenvalue weighted by Crippen LogP contribution is 2.38. The summed E-state index contributed by atoms with van der Waals surface area (Å²) < 4.78 is 0. The van der Waals surface area contributed by atoms with E-state index in [1.54, 1.807) is 0 Å². The van der Waals surface area contributed by atoms with E-state index in [1.807, 2.05) is 18.2 Å². The molecule has 1 N–H and O–H groups in total. The van der Waals surface area contributed by atoms with E-state index in [2.05, 4.69) is 86.1 Å². The highest BCUT2D eigenvalue weighted by Gasteiger charge is 2.36. The normalized spacial score (nSPS) is 20.9. The van der Waals surface area contributed by atoms with Crippen LogP contribution in [0.5, 0.6) is 0 Å². The Labute approximate surface area is 177 Å². The molecular weight excluding hydrogens is 370 g/mol. The van der Waals surface area contributed by atoms with Crippen molar-refractivity contribution in [2.45, 2.75) is 45.6 Å². The number of likely N-dealkylation sites (tertiary alicyclic amines) is 1. The summed E-state index contributed by atoms with van der Waals surface area (Å²) in [5.41, 5.74) is 3.81. The van der Waals surface area contributed by atoms with Gasteiger partial charge in [-0.1, -0.05) is 99.4 Å². The zero-order valence-corrected chi connectivity index (χ0v) is 19.3. The van der Waals surface area contributed by atoms with Crippen LogP contribution in [0.4, 0.5) is 0 Å². The third-order valence-electron chi connectivity index (χ3n) is 5.69. The fourth-order valence-corrected chi connectivity index (χ4v) is 6.62. The fraction of sp³-hybridized carbons (Fsp3) is 0.385. The van der Waals surface area contributed by atoms with E-state index in [1.165, 1.54) is 16.3 Å². The van der Waals surface area contributed by atoms with Crippen LogP contribution in [0.25, 0.3) is 0 Å². The van der Waals surface area contributed by atoms with E-state index in [0.717, 1.165) is 31.6 Å². The summed E-state index contributed by atoms with van der Waals surface area (Å²) in [6.45, 7) is 12.2. The molecule has 0 aromatic heterocycles. The van der Waals surface area contributed by atoms with E-state index < -0.39 is 14.2 Å². The van der Waals surface area contributed by atoms with Crippen molar-refractivity contribution in [2.24, 2.45) is 5.92 Å². The van der Waals surface area contributed by atoms with Crippen molar-refractivity contribution < 1.29 is 5.11 Å². The molecule has 2 atom stereocenters. The second kappa shape index (κ2) is 9.71. The molecule has 2 aromatic carbocycles. The van der Waals surface area contributed by atoms with E-state index in [9.17, 15) is 5.11 Å². The van der Waals surface area contributed by atoms with Crippen molar-refractivity contribution in [1.29, 1.82) is 0 Å². The van der Waals surface area contributed by atoms with Crippen LogP contribution in [0.1, 0.15) is 30.6 Å². The molecule has 0 saturated carbocycles. The largest absolute Gasteiger partial charge is 0.384 e. The lowest BCUT2D eigenvalue weighted by molar-refractivity contribution is 0.220. The first kappa shape index (κ1) is 21.8. The summed E-state index contributed by atoms with van der Waals surface area (Å²) in [7, 11) is -1.73. The van der Waals surface area contributed by atoms with Crippen molar-refractivity contribution in [1.82, 2.24) is 4.90 Å². The van der Waals surface area contributed by atoms with Crippen molar-refractivity contribution >= 4 is 8.07 Å². The van der Waals surface area contributed by atoms with Gasteiger partial charge in [-0.05, 0) is 28.3 Å². The molecule has 1 aliphatic rings. The van der Waals surface area contributed by atoms with Crippen LogP contribution in [0.3, 0.4) is 0 Å². The first-order chi connectivity index (χ1) is 13.9. The van der Waals surface area contributed by atoms with Crippen LogP contribution in [0.2, 0.25) is 19.6 Å². The Hall–Kier alpha value is -1.94. The van der Waals surface area contributed by atoms with Crippen LogP contribution in [0, 0.1) is 5.92 Å². The molecule has 1 heterocycles. The Kier molecular flexibility index (Phi) is 7.28. The molecule has 0 spiro atoms. The second-order valence-corrected chi connectivity index (χ2v) is 14.1. The zero-order valence-electron chi connectivity index (χ0n) is 18.3. The molecule has 29 heavy (non-hydrogen) atoms. The predicted molar refractivity (Wildman–Crippen MR) is 126 cm³/mol. The molecule has 1 aliphatic heterocycles. The predicted octanol–water partition coefficient (Wildman–Crippen LogP) is 5.99. The molecule has 3 rings (SSSR count). The number of rotatable bonds is 7. The fourth-order valence-electron chi connectivity index (χ4n) is 4.40. The van der Waals surface area contributed by atoms with Gasteiger partial charge in [-0.25, -0.2) is 0 Å². The quantitative estimate of drug-likeness (QED) is 0.451. The number of benzene rings is 2. The lowest BCUT2D eigenvalue weighted by Crippen LogP contribution is -2.31. The smallest absolute Gasteiger partial charge is 0.0969 e. The molecule has 3 heteroatoms. The number of hydrogen-bond acceptors (Lipinski definition) is 2. The maximum absolute atomic E-state index is 11.4. The van der Waals surface area contributed by atoms with E-state index >= 15 is 0 Å². The maximum Gasteiger partial charge on any atom is 0.0969 e. The Balaban J connectivity index is 1.99. The third-order valence-corrected chi connectivity index (χ3v) is 7.90. The van der Waals surface area contributed by atoms with Crippen molar-refractivity contribution in [3.05, 3.63) is 94.7 Å². The monoisotopic (exact) mass is 405 g/mol. The van der Waals surface area contributed by atoms with Gasteiger partial charge >= 0.3 is 0 Å². The topological polar surface area (TPSA) is 23.5 Å². The lowest BCUT2D eigenvalue weighted by Gasteiger charge is -2.30. The van der Waals surface area contributed by atoms with Crippen molar-refractivity contribution in [3.63, 3.8) is 0 Å². The summed E-state index contributed by atoms with van der Waals surface area (Å²) in [6.07, 6.45) is 5.20. The standard InChI is InChI=1S/C26H35NOSi/c1-5-6-15-23-19-27(18-21-13-9-7-10-14-21)20-24(23)26(29(2,3)4)25(28)22-16-11-8-12-17-22/h6-17,23,25,28H,5,18-20H2,1-4H3/b15-6+,26-24-/t23-,25?/m1/s1. The minimum Gasteiger partial charge on any atom is -0.384 e.